The normalized spacial score (nSPS) is 10.1. The smallest absolute Gasteiger partial charge is 0.0268 e. The monoisotopic (exact) mass is 271 g/mol. The fraction of sp³-hybridized carbons (Fsp3) is 0.273. The number of halogens is 1. The minimum atomic E-state index is 0.810. The summed E-state index contributed by atoms with van der Waals surface area (Å²) in [7, 11) is 0. The van der Waals surface area contributed by atoms with Crippen LogP contribution >= 0.6 is 27.7 Å². The van der Waals surface area contributed by atoms with Crippen molar-refractivity contribution in [1.82, 2.24) is 5.32 Å². The van der Waals surface area contributed by atoms with Gasteiger partial charge in [0.25, 0.3) is 0 Å². The van der Waals surface area contributed by atoms with Crippen LogP contribution in [0.15, 0.2) is 40.2 Å². The lowest BCUT2D eigenvalue weighted by Gasteiger charge is -2.04. The molecular weight excluding hydrogens is 258 g/mol. The quantitative estimate of drug-likeness (QED) is 0.824. The third-order valence-electron chi connectivity index (χ3n) is 1.80. The van der Waals surface area contributed by atoms with Gasteiger partial charge >= 0.3 is 0 Å². The molecule has 14 heavy (non-hydrogen) atoms. The molecule has 0 saturated heterocycles. The SMILES string of the molecule is C=C(Br)CNCc1ccc(SC)cc1. The van der Waals surface area contributed by atoms with E-state index in [1.165, 1.54) is 10.5 Å². The summed E-state index contributed by atoms with van der Waals surface area (Å²) in [5.74, 6) is 0. The topological polar surface area (TPSA) is 12.0 Å². The molecule has 0 atom stereocenters. The summed E-state index contributed by atoms with van der Waals surface area (Å²) >= 11 is 5.07. The van der Waals surface area contributed by atoms with Gasteiger partial charge in [-0.15, -0.1) is 11.8 Å². The van der Waals surface area contributed by atoms with Crippen molar-refractivity contribution < 1.29 is 0 Å². The Hall–Kier alpha value is -0.250. The van der Waals surface area contributed by atoms with E-state index in [1.807, 2.05) is 0 Å². The van der Waals surface area contributed by atoms with Crippen LogP contribution in [0.4, 0.5) is 0 Å². The third kappa shape index (κ3) is 4.31. The van der Waals surface area contributed by atoms with Crippen molar-refractivity contribution in [3.05, 3.63) is 40.9 Å². The Labute approximate surface area is 98.1 Å². The molecule has 3 heteroatoms. The van der Waals surface area contributed by atoms with E-state index in [4.69, 9.17) is 0 Å². The molecular formula is C11H14BrNS. The van der Waals surface area contributed by atoms with E-state index in [0.717, 1.165) is 17.6 Å². The van der Waals surface area contributed by atoms with E-state index in [0.29, 0.717) is 0 Å². The second-order valence-electron chi connectivity index (χ2n) is 2.97. The molecule has 1 N–H and O–H groups in total. The van der Waals surface area contributed by atoms with Gasteiger partial charge in [-0.1, -0.05) is 34.6 Å². The molecule has 0 unspecified atom stereocenters. The Bertz CT molecular complexity index is 295. The van der Waals surface area contributed by atoms with Crippen molar-refractivity contribution in [3.63, 3.8) is 0 Å². The Kier molecular flexibility index (Phi) is 5.30. The van der Waals surface area contributed by atoms with Crippen LogP contribution in [-0.2, 0) is 6.54 Å². The van der Waals surface area contributed by atoms with Gasteiger partial charge in [0.1, 0.15) is 0 Å². The molecule has 0 saturated carbocycles. The van der Waals surface area contributed by atoms with Crippen LogP contribution in [0.1, 0.15) is 5.56 Å². The van der Waals surface area contributed by atoms with Crippen molar-refractivity contribution >= 4 is 27.7 Å². The van der Waals surface area contributed by atoms with Crippen molar-refractivity contribution in [2.24, 2.45) is 0 Å². The lowest BCUT2D eigenvalue weighted by molar-refractivity contribution is 0.756. The van der Waals surface area contributed by atoms with E-state index < -0.39 is 0 Å². The molecule has 1 aromatic carbocycles. The van der Waals surface area contributed by atoms with Crippen LogP contribution in [0.2, 0.25) is 0 Å². The maximum absolute atomic E-state index is 3.76. The van der Waals surface area contributed by atoms with Crippen molar-refractivity contribution in [2.75, 3.05) is 12.8 Å². The van der Waals surface area contributed by atoms with Gasteiger partial charge in [-0.25, -0.2) is 0 Å². The molecule has 0 amide bonds. The van der Waals surface area contributed by atoms with Crippen LogP contribution in [-0.4, -0.2) is 12.8 Å². The van der Waals surface area contributed by atoms with Gasteiger partial charge < -0.3 is 5.32 Å². The summed E-state index contributed by atoms with van der Waals surface area (Å²) < 4.78 is 0.984. The predicted octanol–water partition coefficient (Wildman–Crippen LogP) is 3.41. The van der Waals surface area contributed by atoms with E-state index in [-0.39, 0.29) is 0 Å². The molecule has 0 spiro atoms. The highest BCUT2D eigenvalue weighted by Crippen LogP contribution is 2.14. The van der Waals surface area contributed by atoms with Gasteiger partial charge in [-0.3, -0.25) is 0 Å². The van der Waals surface area contributed by atoms with Crippen LogP contribution in [0, 0.1) is 0 Å². The summed E-state index contributed by atoms with van der Waals surface area (Å²) in [6.07, 6.45) is 2.09. The lowest BCUT2D eigenvalue weighted by Crippen LogP contribution is -2.14. The van der Waals surface area contributed by atoms with Crippen molar-refractivity contribution in [2.45, 2.75) is 11.4 Å². The number of hydrogen-bond acceptors (Lipinski definition) is 2. The predicted molar refractivity (Wildman–Crippen MR) is 68.0 cm³/mol. The maximum Gasteiger partial charge on any atom is 0.0268 e. The summed E-state index contributed by atoms with van der Waals surface area (Å²) in [5.41, 5.74) is 1.30. The standard InChI is InChI=1S/C11H14BrNS/c1-9(12)7-13-8-10-3-5-11(14-2)6-4-10/h3-6,13H,1,7-8H2,2H3. The molecule has 0 aliphatic carbocycles. The van der Waals surface area contributed by atoms with Gasteiger partial charge in [0, 0.05) is 22.5 Å². The van der Waals surface area contributed by atoms with E-state index in [1.54, 1.807) is 11.8 Å². The first kappa shape index (κ1) is 11.8. The van der Waals surface area contributed by atoms with Crippen LogP contribution in [0.3, 0.4) is 0 Å². The number of thioether (sulfide) groups is 1. The number of benzene rings is 1. The van der Waals surface area contributed by atoms with Gasteiger partial charge in [0.2, 0.25) is 0 Å². The number of rotatable bonds is 5. The fourth-order valence-corrected chi connectivity index (χ4v) is 1.69. The number of nitrogens with one attached hydrogen (secondary N) is 1. The molecule has 0 aliphatic rings. The van der Waals surface area contributed by atoms with Gasteiger partial charge in [0.15, 0.2) is 0 Å². The Morgan fingerprint density at radius 3 is 2.57 bits per heavy atom. The van der Waals surface area contributed by atoms with Crippen LogP contribution in [0.25, 0.3) is 0 Å². The minimum Gasteiger partial charge on any atom is -0.308 e. The first-order valence-electron chi connectivity index (χ1n) is 4.39. The number of hydrogen-bond donors (Lipinski definition) is 1. The Balaban J connectivity index is 2.40. The first-order valence-corrected chi connectivity index (χ1v) is 6.41. The Morgan fingerprint density at radius 2 is 2.07 bits per heavy atom. The maximum atomic E-state index is 3.76. The van der Waals surface area contributed by atoms with Gasteiger partial charge in [-0.2, -0.15) is 0 Å². The largest absolute Gasteiger partial charge is 0.308 e. The fourth-order valence-electron chi connectivity index (χ4n) is 1.09. The molecule has 0 aromatic heterocycles. The van der Waals surface area contributed by atoms with E-state index in [2.05, 4.69) is 58.3 Å². The van der Waals surface area contributed by atoms with E-state index >= 15 is 0 Å². The zero-order chi connectivity index (χ0) is 10.4. The molecule has 0 heterocycles. The molecule has 1 rings (SSSR count). The van der Waals surface area contributed by atoms with Gasteiger partial charge in [-0.05, 0) is 24.0 Å². The lowest BCUT2D eigenvalue weighted by atomic mass is 10.2. The second-order valence-corrected chi connectivity index (χ2v) is 4.97. The van der Waals surface area contributed by atoms with Crippen LogP contribution in [0.5, 0.6) is 0 Å². The van der Waals surface area contributed by atoms with Crippen molar-refractivity contribution in [3.8, 4) is 0 Å². The zero-order valence-corrected chi connectivity index (χ0v) is 10.6. The summed E-state index contributed by atoms with van der Waals surface area (Å²) in [5, 5.41) is 3.29. The average molecular weight is 272 g/mol. The third-order valence-corrected chi connectivity index (χ3v) is 2.83. The molecule has 1 nitrogen and oxygen atoms in total. The van der Waals surface area contributed by atoms with Gasteiger partial charge in [0.05, 0.1) is 0 Å². The average Bonchev–Trinajstić information content (AvgIpc) is 2.18. The summed E-state index contributed by atoms with van der Waals surface area (Å²) in [6.45, 7) is 5.46. The molecule has 0 bridgehead atoms. The second kappa shape index (κ2) is 6.27. The molecule has 1 aromatic rings. The highest BCUT2D eigenvalue weighted by molar-refractivity contribution is 9.11. The zero-order valence-electron chi connectivity index (χ0n) is 8.22. The van der Waals surface area contributed by atoms with E-state index in [9.17, 15) is 0 Å². The molecule has 76 valence electrons. The molecule has 0 radical (unpaired) electrons. The molecule has 0 fully saturated rings. The summed E-state index contributed by atoms with van der Waals surface area (Å²) in [6, 6.07) is 8.58. The first-order chi connectivity index (χ1) is 6.72. The minimum absolute atomic E-state index is 0.810. The highest BCUT2D eigenvalue weighted by Gasteiger charge is 1.93. The Morgan fingerprint density at radius 1 is 1.43 bits per heavy atom. The highest BCUT2D eigenvalue weighted by atomic mass is 79.9. The van der Waals surface area contributed by atoms with Crippen molar-refractivity contribution in [1.29, 1.82) is 0 Å². The van der Waals surface area contributed by atoms with Crippen LogP contribution < -0.4 is 5.32 Å². The molecule has 0 aliphatic heterocycles. The summed E-state index contributed by atoms with van der Waals surface area (Å²) in [4.78, 5) is 1.30.